The Kier molecular flexibility index (Phi) is 9.58. The van der Waals surface area contributed by atoms with Crippen molar-refractivity contribution in [3.8, 4) is 6.07 Å². The number of nitrogens with one attached hydrogen (secondary N) is 2. The Balaban J connectivity index is 0.00000341. The molecule has 2 unspecified atom stereocenters. The standard InChI is InChI=1S/C22H32N8.HI/c1-24-22(25-14-21(28(2)3)18-13-26-29(4)15-18)27-19-9-7-11-30(16-19)20-10-6-5-8-17(20)12-23;/h5-6,8,10,13,15,19,21H,7,9,11,14,16H2,1-4H3,(H2,24,25,27);1H. The first-order valence-corrected chi connectivity index (χ1v) is 10.4. The molecule has 2 N–H and O–H groups in total. The molecule has 1 aliphatic heterocycles. The smallest absolute Gasteiger partial charge is 0.191 e. The molecule has 1 fully saturated rings. The molecule has 8 nitrogen and oxygen atoms in total. The van der Waals surface area contributed by atoms with Crippen LogP contribution in [0.15, 0.2) is 41.7 Å². The molecular formula is C22H33IN8. The highest BCUT2D eigenvalue weighted by molar-refractivity contribution is 14.0. The van der Waals surface area contributed by atoms with Crippen LogP contribution in [-0.4, -0.2) is 67.5 Å². The molecule has 1 aromatic heterocycles. The van der Waals surface area contributed by atoms with Gasteiger partial charge in [-0.3, -0.25) is 9.67 Å². The third-order valence-electron chi connectivity index (χ3n) is 5.55. The second-order valence-electron chi connectivity index (χ2n) is 7.94. The van der Waals surface area contributed by atoms with Crippen molar-refractivity contribution in [2.45, 2.75) is 24.9 Å². The molecule has 1 saturated heterocycles. The average molecular weight is 536 g/mol. The van der Waals surface area contributed by atoms with Crippen molar-refractivity contribution < 1.29 is 0 Å². The van der Waals surface area contributed by atoms with Crippen molar-refractivity contribution in [2.24, 2.45) is 12.0 Å². The van der Waals surface area contributed by atoms with Gasteiger partial charge in [0.05, 0.1) is 23.5 Å². The van der Waals surface area contributed by atoms with Gasteiger partial charge in [0, 0.05) is 51.5 Å². The van der Waals surface area contributed by atoms with Gasteiger partial charge in [-0.2, -0.15) is 10.4 Å². The van der Waals surface area contributed by atoms with Gasteiger partial charge in [-0.25, -0.2) is 0 Å². The molecule has 0 radical (unpaired) electrons. The van der Waals surface area contributed by atoms with Gasteiger partial charge >= 0.3 is 0 Å². The highest BCUT2D eigenvalue weighted by Gasteiger charge is 2.23. The summed E-state index contributed by atoms with van der Waals surface area (Å²) in [5.74, 6) is 0.797. The Labute approximate surface area is 202 Å². The summed E-state index contributed by atoms with van der Waals surface area (Å²) in [5.41, 5.74) is 2.91. The minimum absolute atomic E-state index is 0. The van der Waals surface area contributed by atoms with E-state index in [2.05, 4.69) is 50.7 Å². The number of para-hydroxylation sites is 1. The van der Waals surface area contributed by atoms with E-state index in [4.69, 9.17) is 0 Å². The summed E-state index contributed by atoms with van der Waals surface area (Å²) in [6.45, 7) is 2.54. The van der Waals surface area contributed by atoms with Crippen LogP contribution in [0, 0.1) is 11.3 Å². The van der Waals surface area contributed by atoms with E-state index < -0.39 is 0 Å². The maximum absolute atomic E-state index is 9.43. The Morgan fingerprint density at radius 3 is 2.81 bits per heavy atom. The molecule has 2 aromatic rings. The van der Waals surface area contributed by atoms with E-state index in [0.29, 0.717) is 0 Å². The van der Waals surface area contributed by atoms with E-state index in [1.165, 1.54) is 5.56 Å². The van der Waals surface area contributed by atoms with Crippen LogP contribution in [0.4, 0.5) is 5.69 Å². The molecule has 2 atom stereocenters. The fraction of sp³-hybridized carbons (Fsp3) is 0.500. The molecule has 1 aliphatic rings. The molecule has 3 rings (SSSR count). The number of hydrogen-bond acceptors (Lipinski definition) is 5. The van der Waals surface area contributed by atoms with Crippen LogP contribution in [0.5, 0.6) is 0 Å². The van der Waals surface area contributed by atoms with Crippen molar-refractivity contribution in [1.29, 1.82) is 5.26 Å². The summed E-state index contributed by atoms with van der Waals surface area (Å²) in [6.07, 6.45) is 6.11. The van der Waals surface area contributed by atoms with Gasteiger partial charge in [-0.15, -0.1) is 24.0 Å². The van der Waals surface area contributed by atoms with Crippen molar-refractivity contribution in [1.82, 2.24) is 25.3 Å². The van der Waals surface area contributed by atoms with E-state index in [1.807, 2.05) is 48.4 Å². The number of nitrogens with zero attached hydrogens (tertiary/aromatic N) is 6. The Morgan fingerprint density at radius 1 is 1.39 bits per heavy atom. The topological polar surface area (TPSA) is 84.5 Å². The van der Waals surface area contributed by atoms with Crippen LogP contribution in [-0.2, 0) is 7.05 Å². The van der Waals surface area contributed by atoms with Gasteiger partial charge in [-0.05, 0) is 39.1 Å². The predicted molar refractivity (Wildman–Crippen MR) is 136 cm³/mol. The second-order valence-corrected chi connectivity index (χ2v) is 7.94. The summed E-state index contributed by atoms with van der Waals surface area (Å²) in [5, 5.41) is 20.8. The van der Waals surface area contributed by atoms with Gasteiger partial charge < -0.3 is 20.4 Å². The summed E-state index contributed by atoms with van der Waals surface area (Å²) < 4.78 is 1.83. The number of benzene rings is 1. The largest absolute Gasteiger partial charge is 0.368 e. The minimum atomic E-state index is 0. The maximum atomic E-state index is 9.43. The van der Waals surface area contributed by atoms with Crippen molar-refractivity contribution in [3.05, 3.63) is 47.8 Å². The van der Waals surface area contributed by atoms with Gasteiger partial charge in [0.1, 0.15) is 6.07 Å². The lowest BCUT2D eigenvalue weighted by Crippen LogP contribution is -2.52. The van der Waals surface area contributed by atoms with Crippen LogP contribution < -0.4 is 15.5 Å². The number of anilines is 1. The Bertz CT molecular complexity index is 901. The molecular weight excluding hydrogens is 503 g/mol. The number of piperidine rings is 1. The molecule has 1 aromatic carbocycles. The zero-order chi connectivity index (χ0) is 21.5. The highest BCUT2D eigenvalue weighted by atomic mass is 127. The zero-order valence-electron chi connectivity index (χ0n) is 18.7. The number of rotatable bonds is 6. The molecule has 0 saturated carbocycles. The van der Waals surface area contributed by atoms with Gasteiger partial charge in [0.25, 0.3) is 0 Å². The number of aromatic nitrogens is 2. The summed E-state index contributed by atoms with van der Waals surface area (Å²) >= 11 is 0. The number of likely N-dealkylation sites (N-methyl/N-ethyl adjacent to an activating group) is 1. The van der Waals surface area contributed by atoms with E-state index >= 15 is 0 Å². The number of nitriles is 1. The number of guanidine groups is 1. The first-order valence-electron chi connectivity index (χ1n) is 10.4. The third kappa shape index (κ3) is 6.58. The van der Waals surface area contributed by atoms with Gasteiger partial charge in [0.2, 0.25) is 0 Å². The Morgan fingerprint density at radius 2 is 2.16 bits per heavy atom. The minimum Gasteiger partial charge on any atom is -0.368 e. The normalized spacial score (nSPS) is 17.6. The number of hydrogen-bond donors (Lipinski definition) is 2. The fourth-order valence-electron chi connectivity index (χ4n) is 3.95. The van der Waals surface area contributed by atoms with Crippen molar-refractivity contribution in [3.63, 3.8) is 0 Å². The monoisotopic (exact) mass is 536 g/mol. The highest BCUT2D eigenvalue weighted by Crippen LogP contribution is 2.23. The van der Waals surface area contributed by atoms with Crippen LogP contribution in [0.3, 0.4) is 0 Å². The lowest BCUT2D eigenvalue weighted by Gasteiger charge is -2.36. The molecule has 0 bridgehead atoms. The zero-order valence-corrected chi connectivity index (χ0v) is 21.1. The van der Waals surface area contributed by atoms with E-state index in [1.54, 1.807) is 7.05 Å². The number of aryl methyl sites for hydroxylation is 1. The Hall–Kier alpha value is -2.32. The summed E-state index contributed by atoms with van der Waals surface area (Å²) in [7, 11) is 7.88. The van der Waals surface area contributed by atoms with Crippen molar-refractivity contribution >= 4 is 35.6 Å². The van der Waals surface area contributed by atoms with E-state index in [0.717, 1.165) is 49.7 Å². The molecule has 0 aliphatic carbocycles. The predicted octanol–water partition coefficient (Wildman–Crippen LogP) is 2.35. The fourth-order valence-corrected chi connectivity index (χ4v) is 3.95. The summed E-state index contributed by atoms with van der Waals surface area (Å²) in [6, 6.07) is 10.6. The molecule has 9 heteroatoms. The lowest BCUT2D eigenvalue weighted by molar-refractivity contribution is 0.297. The molecule has 2 heterocycles. The van der Waals surface area contributed by atoms with E-state index in [9.17, 15) is 5.26 Å². The third-order valence-corrected chi connectivity index (χ3v) is 5.55. The first kappa shape index (κ1) is 24.9. The van der Waals surface area contributed by atoms with Crippen LogP contribution in [0.2, 0.25) is 0 Å². The molecule has 0 amide bonds. The molecule has 31 heavy (non-hydrogen) atoms. The number of halogens is 1. The first-order chi connectivity index (χ1) is 14.5. The summed E-state index contributed by atoms with van der Waals surface area (Å²) in [4.78, 5) is 8.90. The van der Waals surface area contributed by atoms with Gasteiger partial charge in [0.15, 0.2) is 5.96 Å². The lowest BCUT2D eigenvalue weighted by atomic mass is 10.0. The maximum Gasteiger partial charge on any atom is 0.191 e. The van der Waals surface area contributed by atoms with Crippen LogP contribution >= 0.6 is 24.0 Å². The second kappa shape index (κ2) is 11.9. The molecule has 168 valence electrons. The average Bonchev–Trinajstić information content (AvgIpc) is 3.18. The quantitative estimate of drug-likeness (QED) is 0.335. The van der Waals surface area contributed by atoms with Crippen LogP contribution in [0.25, 0.3) is 0 Å². The molecule has 0 spiro atoms. The SMILES string of the molecule is CN=C(NCC(c1cnn(C)c1)N(C)C)NC1CCCN(c2ccccc2C#N)C1.I. The van der Waals surface area contributed by atoms with Gasteiger partial charge in [-0.1, -0.05) is 12.1 Å². The van der Waals surface area contributed by atoms with Crippen molar-refractivity contribution in [2.75, 3.05) is 45.7 Å². The number of aliphatic imine (C=N–C) groups is 1. The van der Waals surface area contributed by atoms with Crippen LogP contribution in [0.1, 0.15) is 30.0 Å². The van der Waals surface area contributed by atoms with E-state index in [-0.39, 0.29) is 36.1 Å².